The molecule has 1 aliphatic rings. The van der Waals surface area contributed by atoms with Gasteiger partial charge in [-0.15, -0.1) is 0 Å². The number of ether oxygens (including phenoxy) is 1. The van der Waals surface area contributed by atoms with Crippen LogP contribution < -0.4 is 4.74 Å². The second-order valence-corrected chi connectivity index (χ2v) is 7.97. The van der Waals surface area contributed by atoms with E-state index >= 15 is 0 Å². The minimum Gasteiger partial charge on any atom is -0.497 e. The summed E-state index contributed by atoms with van der Waals surface area (Å²) in [5.41, 5.74) is 2.12. The van der Waals surface area contributed by atoms with E-state index in [1.54, 1.807) is 7.11 Å². The lowest BCUT2D eigenvalue weighted by molar-refractivity contribution is 0.0612. The van der Waals surface area contributed by atoms with Gasteiger partial charge in [0.25, 0.3) is 5.91 Å². The van der Waals surface area contributed by atoms with Gasteiger partial charge in [-0.05, 0) is 31.2 Å². The Balaban J connectivity index is 1.35. The summed E-state index contributed by atoms with van der Waals surface area (Å²) in [6.45, 7) is 9.07. The topological polar surface area (TPSA) is 97.7 Å². The van der Waals surface area contributed by atoms with Gasteiger partial charge in [0.2, 0.25) is 11.7 Å². The van der Waals surface area contributed by atoms with Crippen LogP contribution in [0.4, 0.5) is 0 Å². The van der Waals surface area contributed by atoms with Gasteiger partial charge in [-0.3, -0.25) is 9.69 Å². The second-order valence-electron chi connectivity index (χ2n) is 7.97. The standard InChI is InChI=1S/C22H27N5O4/c1-14(2)20-19(15(3)24-31-20)22(28)27-11-9-26(10-12-27)13-18-23-21(25-30-18)16-5-7-17(29-4)8-6-16/h5-8,14H,9-13H2,1-4H3. The fraction of sp³-hybridized carbons (Fsp3) is 0.455. The fourth-order valence-corrected chi connectivity index (χ4v) is 3.68. The lowest BCUT2D eigenvalue weighted by Gasteiger charge is -2.34. The molecule has 0 radical (unpaired) electrons. The third kappa shape index (κ3) is 4.46. The number of nitrogens with zero attached hydrogens (tertiary/aromatic N) is 5. The smallest absolute Gasteiger partial charge is 0.259 e. The molecule has 1 fully saturated rings. The molecule has 0 atom stereocenters. The molecule has 3 heterocycles. The number of amides is 1. The summed E-state index contributed by atoms with van der Waals surface area (Å²) in [4.78, 5) is 21.6. The monoisotopic (exact) mass is 425 g/mol. The first-order valence-electron chi connectivity index (χ1n) is 10.4. The van der Waals surface area contributed by atoms with Gasteiger partial charge in [0.05, 0.1) is 19.3 Å². The summed E-state index contributed by atoms with van der Waals surface area (Å²) in [5.74, 6) is 2.64. The molecule has 164 valence electrons. The summed E-state index contributed by atoms with van der Waals surface area (Å²) in [5, 5.41) is 8.08. The first-order valence-corrected chi connectivity index (χ1v) is 10.4. The Kier molecular flexibility index (Phi) is 6.03. The van der Waals surface area contributed by atoms with Crippen LogP contribution in [0.15, 0.2) is 33.3 Å². The maximum absolute atomic E-state index is 13.0. The number of carbonyl (C=O) groups is 1. The van der Waals surface area contributed by atoms with Crippen molar-refractivity contribution >= 4 is 5.91 Å². The Labute approximate surface area is 180 Å². The molecule has 0 spiro atoms. The normalized spacial score (nSPS) is 14.9. The predicted molar refractivity (Wildman–Crippen MR) is 113 cm³/mol. The van der Waals surface area contributed by atoms with Crippen molar-refractivity contribution in [2.45, 2.75) is 33.2 Å². The maximum Gasteiger partial charge on any atom is 0.259 e. The van der Waals surface area contributed by atoms with Crippen molar-refractivity contribution in [3.05, 3.63) is 47.2 Å². The number of rotatable bonds is 6. The Morgan fingerprint density at radius 2 is 1.81 bits per heavy atom. The number of carbonyl (C=O) groups excluding carboxylic acids is 1. The zero-order valence-corrected chi connectivity index (χ0v) is 18.3. The first-order chi connectivity index (χ1) is 15.0. The van der Waals surface area contributed by atoms with Crippen LogP contribution in [0, 0.1) is 6.92 Å². The molecule has 9 heteroatoms. The molecule has 31 heavy (non-hydrogen) atoms. The number of aryl methyl sites for hydroxylation is 1. The van der Waals surface area contributed by atoms with Gasteiger partial charge in [-0.25, -0.2) is 0 Å². The van der Waals surface area contributed by atoms with Gasteiger partial charge in [0, 0.05) is 37.7 Å². The van der Waals surface area contributed by atoms with Gasteiger partial charge in [-0.2, -0.15) is 4.98 Å². The molecule has 0 N–H and O–H groups in total. The Morgan fingerprint density at radius 3 is 2.45 bits per heavy atom. The van der Waals surface area contributed by atoms with Crippen molar-refractivity contribution in [2.24, 2.45) is 0 Å². The molecular weight excluding hydrogens is 398 g/mol. The van der Waals surface area contributed by atoms with Crippen LogP contribution in [-0.4, -0.2) is 64.3 Å². The van der Waals surface area contributed by atoms with E-state index in [1.165, 1.54) is 0 Å². The van der Waals surface area contributed by atoms with E-state index in [-0.39, 0.29) is 11.8 Å². The number of hydrogen-bond donors (Lipinski definition) is 0. The quantitative estimate of drug-likeness (QED) is 0.594. The molecule has 9 nitrogen and oxygen atoms in total. The van der Waals surface area contributed by atoms with Crippen molar-refractivity contribution in [3.8, 4) is 17.1 Å². The zero-order valence-electron chi connectivity index (χ0n) is 18.3. The van der Waals surface area contributed by atoms with Crippen molar-refractivity contribution in [2.75, 3.05) is 33.3 Å². The highest BCUT2D eigenvalue weighted by atomic mass is 16.5. The van der Waals surface area contributed by atoms with Crippen LogP contribution >= 0.6 is 0 Å². The minimum absolute atomic E-state index is 0.0123. The van der Waals surface area contributed by atoms with E-state index in [0.717, 1.165) is 24.4 Å². The molecule has 1 aliphatic heterocycles. The number of aromatic nitrogens is 3. The maximum atomic E-state index is 13.0. The molecular formula is C22H27N5O4. The van der Waals surface area contributed by atoms with Crippen LogP contribution in [0.1, 0.15) is 47.5 Å². The van der Waals surface area contributed by atoms with Crippen LogP contribution in [0.2, 0.25) is 0 Å². The Morgan fingerprint density at radius 1 is 1.10 bits per heavy atom. The fourth-order valence-electron chi connectivity index (χ4n) is 3.68. The van der Waals surface area contributed by atoms with Crippen LogP contribution in [0.5, 0.6) is 5.75 Å². The van der Waals surface area contributed by atoms with Crippen molar-refractivity contribution < 1.29 is 18.6 Å². The predicted octanol–water partition coefficient (Wildman–Crippen LogP) is 3.12. The number of benzene rings is 1. The summed E-state index contributed by atoms with van der Waals surface area (Å²) >= 11 is 0. The summed E-state index contributed by atoms with van der Waals surface area (Å²) in [6, 6.07) is 7.53. The molecule has 4 rings (SSSR count). The van der Waals surface area contributed by atoms with Crippen LogP contribution in [-0.2, 0) is 6.54 Å². The van der Waals surface area contributed by atoms with E-state index in [4.69, 9.17) is 13.8 Å². The van der Waals surface area contributed by atoms with E-state index in [0.29, 0.717) is 48.4 Å². The third-order valence-electron chi connectivity index (χ3n) is 5.46. The largest absolute Gasteiger partial charge is 0.497 e. The Bertz CT molecular complexity index is 1030. The van der Waals surface area contributed by atoms with E-state index in [9.17, 15) is 4.79 Å². The lowest BCUT2D eigenvalue weighted by Crippen LogP contribution is -2.48. The van der Waals surface area contributed by atoms with Gasteiger partial charge in [0.15, 0.2) is 5.76 Å². The highest BCUT2D eigenvalue weighted by Gasteiger charge is 2.29. The summed E-state index contributed by atoms with van der Waals surface area (Å²) in [7, 11) is 1.63. The number of methoxy groups -OCH3 is 1. The van der Waals surface area contributed by atoms with Gasteiger partial charge < -0.3 is 18.7 Å². The number of piperazine rings is 1. The minimum atomic E-state index is -0.0123. The van der Waals surface area contributed by atoms with Crippen molar-refractivity contribution in [1.29, 1.82) is 0 Å². The molecule has 0 aliphatic carbocycles. The van der Waals surface area contributed by atoms with Gasteiger partial charge >= 0.3 is 0 Å². The van der Waals surface area contributed by atoms with Crippen molar-refractivity contribution in [3.63, 3.8) is 0 Å². The van der Waals surface area contributed by atoms with Crippen LogP contribution in [0.25, 0.3) is 11.4 Å². The van der Waals surface area contributed by atoms with Gasteiger partial charge in [-0.1, -0.05) is 24.2 Å². The SMILES string of the molecule is COc1ccc(-c2noc(CN3CCN(C(=O)c4c(C)noc4C(C)C)CC3)n2)cc1. The highest BCUT2D eigenvalue weighted by molar-refractivity contribution is 5.96. The van der Waals surface area contributed by atoms with Crippen molar-refractivity contribution in [1.82, 2.24) is 25.1 Å². The average Bonchev–Trinajstić information content (AvgIpc) is 3.40. The third-order valence-corrected chi connectivity index (χ3v) is 5.46. The Hall–Kier alpha value is -3.20. The van der Waals surface area contributed by atoms with E-state index < -0.39 is 0 Å². The molecule has 1 saturated heterocycles. The molecule has 0 saturated carbocycles. The lowest BCUT2D eigenvalue weighted by atomic mass is 10.0. The molecule has 0 bridgehead atoms. The highest BCUT2D eigenvalue weighted by Crippen LogP contribution is 2.24. The molecule has 2 aromatic heterocycles. The van der Waals surface area contributed by atoms with E-state index in [2.05, 4.69) is 20.2 Å². The summed E-state index contributed by atoms with van der Waals surface area (Å²) in [6.07, 6.45) is 0. The zero-order chi connectivity index (χ0) is 22.0. The van der Waals surface area contributed by atoms with Crippen LogP contribution in [0.3, 0.4) is 0 Å². The molecule has 1 amide bonds. The summed E-state index contributed by atoms with van der Waals surface area (Å²) < 4.78 is 16.0. The molecule has 0 unspecified atom stereocenters. The average molecular weight is 425 g/mol. The van der Waals surface area contributed by atoms with Gasteiger partial charge in [0.1, 0.15) is 11.3 Å². The second kappa shape index (κ2) is 8.89. The first kappa shape index (κ1) is 21.0. The molecule has 1 aromatic carbocycles. The number of hydrogen-bond acceptors (Lipinski definition) is 8. The molecule has 3 aromatic rings. The van der Waals surface area contributed by atoms with E-state index in [1.807, 2.05) is 49.9 Å².